The van der Waals surface area contributed by atoms with Gasteiger partial charge in [-0.05, 0) is 0 Å². The normalized spacial score (nSPS) is 17.9. The van der Waals surface area contributed by atoms with Crippen LogP contribution in [-0.2, 0) is 0 Å². The quantitative estimate of drug-likeness (QED) is 0.327. The molecule has 0 atom stereocenters. The molecule has 0 aromatic carbocycles. The van der Waals surface area contributed by atoms with Gasteiger partial charge in [-0.1, -0.05) is 12.2 Å². The van der Waals surface area contributed by atoms with E-state index in [0.29, 0.717) is 0 Å². The summed E-state index contributed by atoms with van der Waals surface area (Å²) in [7, 11) is 0. The van der Waals surface area contributed by atoms with Gasteiger partial charge >= 0.3 is 37.7 Å². The zero-order valence-corrected chi connectivity index (χ0v) is 9.76. The number of rotatable bonds is 0. The molecule has 0 aromatic heterocycles. The van der Waals surface area contributed by atoms with Crippen LogP contribution in [0.4, 0.5) is 0 Å². The number of thiocarbonyl (C=S) groups is 1. The van der Waals surface area contributed by atoms with Crippen molar-refractivity contribution in [3.63, 3.8) is 0 Å². The van der Waals surface area contributed by atoms with Gasteiger partial charge in [-0.3, -0.25) is 0 Å². The summed E-state index contributed by atoms with van der Waals surface area (Å²) in [4.78, 5) is 2.09. The van der Waals surface area contributed by atoms with Crippen LogP contribution < -0.4 is 5.32 Å². The number of thiol groups is 1. The molecule has 0 aliphatic carbocycles. The Kier molecular flexibility index (Phi) is 6.91. The summed E-state index contributed by atoms with van der Waals surface area (Å²) in [5, 5.41) is 3.23. The third-order valence-corrected chi connectivity index (χ3v) is 1.93. The molecule has 0 amide bonds. The summed E-state index contributed by atoms with van der Waals surface area (Å²) in [5.41, 5.74) is 0. The van der Waals surface area contributed by atoms with Gasteiger partial charge in [0.05, 0.1) is 0 Å². The molecule has 1 heterocycles. The Hall–Kier alpha value is 1.46. The van der Waals surface area contributed by atoms with Gasteiger partial charge in [0, 0.05) is 26.2 Å². The van der Waals surface area contributed by atoms with Crippen LogP contribution in [0.1, 0.15) is 2.85 Å². The Morgan fingerprint density at radius 3 is 2.30 bits per heavy atom. The fourth-order valence-electron chi connectivity index (χ4n) is 0.856. The van der Waals surface area contributed by atoms with E-state index in [0.717, 1.165) is 30.5 Å². The van der Waals surface area contributed by atoms with Gasteiger partial charge in [-0.2, -0.15) is 0 Å². The molecule has 1 fully saturated rings. The monoisotopic (exact) mass is 204 g/mol. The second-order valence-corrected chi connectivity index (χ2v) is 3.13. The molecule has 10 heavy (non-hydrogen) atoms. The zero-order valence-electron chi connectivity index (χ0n) is 7.84. The molecule has 1 rings (SSSR count). The fourth-order valence-corrected chi connectivity index (χ4v) is 1.24. The minimum absolute atomic E-state index is 0. The van der Waals surface area contributed by atoms with Crippen LogP contribution in [-0.4, -0.2) is 73.1 Å². The summed E-state index contributed by atoms with van der Waals surface area (Å²) in [6.45, 7) is 4.06. The Bertz CT molecular complexity index is 122. The second-order valence-electron chi connectivity index (χ2n) is 2.02. The summed E-state index contributed by atoms with van der Waals surface area (Å²) >= 11 is 8.95. The molecule has 5 heteroatoms. The van der Waals surface area contributed by atoms with E-state index in [1.165, 1.54) is 0 Å². The second kappa shape index (κ2) is 6.03. The Morgan fingerprint density at radius 2 is 2.00 bits per heavy atom. The van der Waals surface area contributed by atoms with E-state index in [2.05, 4.69) is 22.8 Å². The van der Waals surface area contributed by atoms with Crippen molar-refractivity contribution >= 4 is 66.9 Å². The van der Waals surface area contributed by atoms with Gasteiger partial charge in [0.25, 0.3) is 0 Å². The first-order valence-corrected chi connectivity index (χ1v) is 3.85. The van der Waals surface area contributed by atoms with Crippen molar-refractivity contribution in [2.45, 2.75) is 0 Å². The number of nitrogens with one attached hydrogen (secondary N) is 1. The average molecular weight is 204 g/mol. The maximum Gasteiger partial charge on any atom is 2.00 e. The largest absolute Gasteiger partial charge is 2.00 e. The first kappa shape index (κ1) is 11.5. The van der Waals surface area contributed by atoms with Crippen LogP contribution in [0.2, 0.25) is 0 Å². The molecule has 1 N–H and O–H groups in total. The molecule has 1 aliphatic heterocycles. The van der Waals surface area contributed by atoms with Gasteiger partial charge < -0.3 is 13.1 Å². The van der Waals surface area contributed by atoms with Crippen molar-refractivity contribution in [3.8, 4) is 0 Å². The van der Waals surface area contributed by atoms with Crippen LogP contribution in [0.25, 0.3) is 0 Å². The topological polar surface area (TPSA) is 15.3 Å². The Balaban J connectivity index is -0.000000270. The van der Waals surface area contributed by atoms with Crippen molar-refractivity contribution in [3.05, 3.63) is 0 Å². The average Bonchev–Trinajstić information content (AvgIpc) is 1.90. The standard InChI is InChI=1S/C5H10N2S2.Ca.2H/c8-5(9)7-3-1-6-2-4-7;;;/h6H,1-4H2,(H,8,9);;;/q;+2;2*-1. The molecule has 0 bridgehead atoms. The van der Waals surface area contributed by atoms with Crippen LogP contribution >= 0.6 is 24.8 Å². The van der Waals surface area contributed by atoms with Crippen molar-refractivity contribution in [2.24, 2.45) is 0 Å². The van der Waals surface area contributed by atoms with Crippen LogP contribution in [0, 0.1) is 0 Å². The van der Waals surface area contributed by atoms with E-state index in [-0.39, 0.29) is 40.6 Å². The SMILES string of the molecule is S=C(S)N1CCNCC1.[Ca+2].[H-].[H-]. The maximum atomic E-state index is 4.88. The number of hydrogen-bond acceptors (Lipinski definition) is 2. The Labute approximate surface area is 105 Å². The predicted molar refractivity (Wildman–Crippen MR) is 54.0 cm³/mol. The van der Waals surface area contributed by atoms with E-state index in [1.807, 2.05) is 0 Å². The van der Waals surface area contributed by atoms with Gasteiger partial charge in [0.2, 0.25) is 0 Å². The smallest absolute Gasteiger partial charge is 1.00 e. The zero-order chi connectivity index (χ0) is 6.69. The summed E-state index contributed by atoms with van der Waals surface area (Å²) in [5.74, 6) is 0. The number of piperazine rings is 1. The molecule has 1 aliphatic rings. The van der Waals surface area contributed by atoms with Crippen molar-refractivity contribution < 1.29 is 2.85 Å². The molecule has 0 saturated carbocycles. The predicted octanol–water partition coefficient (Wildman–Crippen LogP) is -0.0495. The van der Waals surface area contributed by atoms with E-state index >= 15 is 0 Å². The Morgan fingerprint density at radius 1 is 1.50 bits per heavy atom. The molecule has 0 radical (unpaired) electrons. The van der Waals surface area contributed by atoms with Crippen LogP contribution in [0.5, 0.6) is 0 Å². The molecule has 2 nitrogen and oxygen atoms in total. The first-order chi connectivity index (χ1) is 4.30. The van der Waals surface area contributed by atoms with Gasteiger partial charge in [0.1, 0.15) is 4.32 Å². The van der Waals surface area contributed by atoms with Crippen LogP contribution in [0.3, 0.4) is 0 Å². The van der Waals surface area contributed by atoms with E-state index in [9.17, 15) is 0 Å². The van der Waals surface area contributed by atoms with Crippen molar-refractivity contribution in [1.29, 1.82) is 0 Å². The summed E-state index contributed by atoms with van der Waals surface area (Å²) in [6.07, 6.45) is 0. The van der Waals surface area contributed by atoms with E-state index < -0.39 is 0 Å². The number of nitrogens with zero attached hydrogens (tertiary/aromatic N) is 1. The molecule has 0 aromatic rings. The first-order valence-electron chi connectivity index (χ1n) is 2.99. The molecule has 0 spiro atoms. The molecular formula is C5H12CaN2S2. The summed E-state index contributed by atoms with van der Waals surface area (Å²) < 4.78 is 0.719. The maximum absolute atomic E-state index is 4.88. The molecule has 56 valence electrons. The number of hydrogen-bond donors (Lipinski definition) is 2. The van der Waals surface area contributed by atoms with Gasteiger partial charge in [-0.15, -0.1) is 12.6 Å². The summed E-state index contributed by atoms with van der Waals surface area (Å²) in [6, 6.07) is 0. The molecule has 1 saturated heterocycles. The third-order valence-electron chi connectivity index (χ3n) is 1.39. The third kappa shape index (κ3) is 3.74. The fraction of sp³-hybridized carbons (Fsp3) is 0.800. The van der Waals surface area contributed by atoms with Crippen molar-refractivity contribution in [1.82, 2.24) is 10.2 Å². The van der Waals surface area contributed by atoms with Gasteiger partial charge in [0.15, 0.2) is 0 Å². The molecule has 0 unspecified atom stereocenters. The van der Waals surface area contributed by atoms with Crippen LogP contribution in [0.15, 0.2) is 0 Å². The van der Waals surface area contributed by atoms with Crippen molar-refractivity contribution in [2.75, 3.05) is 26.2 Å². The van der Waals surface area contributed by atoms with E-state index in [4.69, 9.17) is 12.2 Å². The minimum Gasteiger partial charge on any atom is -1.00 e. The van der Waals surface area contributed by atoms with E-state index in [1.54, 1.807) is 0 Å². The van der Waals surface area contributed by atoms with Gasteiger partial charge in [-0.25, -0.2) is 0 Å². The molecular weight excluding hydrogens is 192 g/mol. The minimum atomic E-state index is 0.